The molecule has 4 nitrogen and oxygen atoms in total. The van der Waals surface area contributed by atoms with Crippen LogP contribution in [0.5, 0.6) is 0 Å². The van der Waals surface area contributed by atoms with Crippen LogP contribution in [0.4, 0.5) is 10.9 Å². The van der Waals surface area contributed by atoms with Gasteiger partial charge in [0.2, 0.25) is 0 Å². The topological polar surface area (TPSA) is 32.3 Å². The Morgan fingerprint density at radius 2 is 1.95 bits per heavy atom. The van der Waals surface area contributed by atoms with E-state index in [4.69, 9.17) is 4.98 Å². The van der Waals surface area contributed by atoms with Gasteiger partial charge in [-0.1, -0.05) is 29.5 Å². The van der Waals surface area contributed by atoms with Crippen molar-refractivity contribution in [3.8, 4) is 0 Å². The van der Waals surface area contributed by atoms with Crippen molar-refractivity contribution in [2.75, 3.05) is 29.9 Å². The Balaban J connectivity index is 1.48. The number of para-hydroxylation sites is 1. The average molecular weight is 296 g/mol. The summed E-state index contributed by atoms with van der Waals surface area (Å²) < 4.78 is 1.25. The number of thiazole rings is 1. The zero-order chi connectivity index (χ0) is 14.2. The second-order valence-electron chi connectivity index (χ2n) is 5.32. The molecule has 0 atom stereocenters. The molecule has 3 aromatic rings. The molecule has 1 aromatic carbocycles. The minimum absolute atomic E-state index is 0.507. The number of likely N-dealkylation sites (N-methyl/N-ethyl adjacent to an activating group) is 1. The molecule has 0 unspecified atom stereocenters. The lowest BCUT2D eigenvalue weighted by molar-refractivity contribution is 0.492. The molecule has 1 saturated heterocycles. The third-order valence-corrected chi connectivity index (χ3v) is 5.09. The molecule has 106 valence electrons. The minimum atomic E-state index is 0.507. The molecule has 2 aromatic heterocycles. The van der Waals surface area contributed by atoms with E-state index in [0.717, 1.165) is 29.6 Å². The van der Waals surface area contributed by atoms with Crippen LogP contribution in [0.2, 0.25) is 0 Å². The Morgan fingerprint density at radius 1 is 1.14 bits per heavy atom. The molecule has 5 heteroatoms. The van der Waals surface area contributed by atoms with Crippen molar-refractivity contribution in [2.24, 2.45) is 0 Å². The van der Waals surface area contributed by atoms with E-state index in [9.17, 15) is 0 Å². The fourth-order valence-electron chi connectivity index (χ4n) is 2.60. The third kappa shape index (κ3) is 2.23. The van der Waals surface area contributed by atoms with Gasteiger partial charge >= 0.3 is 0 Å². The van der Waals surface area contributed by atoms with Crippen LogP contribution in [0.25, 0.3) is 10.2 Å². The number of hydrogen-bond acceptors (Lipinski definition) is 5. The van der Waals surface area contributed by atoms with Gasteiger partial charge in [0.15, 0.2) is 5.13 Å². The maximum Gasteiger partial charge on any atom is 0.186 e. The normalized spacial score (nSPS) is 15.2. The molecule has 0 aliphatic carbocycles. The smallest absolute Gasteiger partial charge is 0.186 e. The van der Waals surface area contributed by atoms with Crippen molar-refractivity contribution in [2.45, 2.75) is 6.04 Å². The van der Waals surface area contributed by atoms with E-state index in [1.807, 2.05) is 24.4 Å². The van der Waals surface area contributed by atoms with Gasteiger partial charge in [-0.3, -0.25) is 0 Å². The quantitative estimate of drug-likeness (QED) is 0.743. The summed E-state index contributed by atoms with van der Waals surface area (Å²) in [5.41, 5.74) is 1.09. The first-order valence-electron chi connectivity index (χ1n) is 7.05. The standard InChI is InChI=1S/C16H16N4S/c1-19(16-18-13-6-2-3-7-14(13)21-16)12-10-20(11-12)15-8-4-5-9-17-15/h2-9,12H,10-11H2,1H3. The van der Waals surface area contributed by atoms with E-state index >= 15 is 0 Å². The van der Waals surface area contributed by atoms with Crippen LogP contribution in [0, 0.1) is 0 Å². The Bertz CT molecular complexity index is 716. The Labute approximate surface area is 127 Å². The molecule has 21 heavy (non-hydrogen) atoms. The molecule has 0 spiro atoms. The van der Waals surface area contributed by atoms with E-state index in [1.54, 1.807) is 11.3 Å². The van der Waals surface area contributed by atoms with Gasteiger partial charge in [0.25, 0.3) is 0 Å². The first-order chi connectivity index (χ1) is 10.3. The van der Waals surface area contributed by atoms with Gasteiger partial charge in [-0.2, -0.15) is 0 Å². The van der Waals surface area contributed by atoms with Crippen LogP contribution in [0.1, 0.15) is 0 Å². The van der Waals surface area contributed by atoms with E-state index < -0.39 is 0 Å². The monoisotopic (exact) mass is 296 g/mol. The second kappa shape index (κ2) is 5.00. The lowest BCUT2D eigenvalue weighted by Gasteiger charge is -2.44. The number of anilines is 2. The summed E-state index contributed by atoms with van der Waals surface area (Å²) in [5.74, 6) is 1.06. The molecule has 0 bridgehead atoms. The molecule has 3 heterocycles. The zero-order valence-corrected chi connectivity index (χ0v) is 12.6. The summed E-state index contributed by atoms with van der Waals surface area (Å²) in [6, 6.07) is 14.9. The molecule has 1 aliphatic heterocycles. The van der Waals surface area contributed by atoms with Crippen molar-refractivity contribution < 1.29 is 0 Å². The summed E-state index contributed by atoms with van der Waals surface area (Å²) in [7, 11) is 2.14. The molecule has 4 rings (SSSR count). The lowest BCUT2D eigenvalue weighted by atomic mass is 10.1. The number of pyridine rings is 1. The average Bonchev–Trinajstić information content (AvgIpc) is 2.90. The van der Waals surface area contributed by atoms with E-state index in [0.29, 0.717) is 6.04 Å². The number of rotatable bonds is 3. The Hall–Kier alpha value is -2.14. The highest BCUT2D eigenvalue weighted by molar-refractivity contribution is 7.22. The number of benzene rings is 1. The van der Waals surface area contributed by atoms with Crippen LogP contribution >= 0.6 is 11.3 Å². The van der Waals surface area contributed by atoms with E-state index in [-0.39, 0.29) is 0 Å². The van der Waals surface area contributed by atoms with Crippen molar-refractivity contribution in [3.63, 3.8) is 0 Å². The Kier molecular flexibility index (Phi) is 3.00. The number of fused-ring (bicyclic) bond motifs is 1. The molecule has 0 radical (unpaired) electrons. The predicted molar refractivity (Wildman–Crippen MR) is 88.3 cm³/mol. The van der Waals surface area contributed by atoms with Crippen LogP contribution in [0.3, 0.4) is 0 Å². The predicted octanol–water partition coefficient (Wildman–Crippen LogP) is 3.02. The van der Waals surface area contributed by atoms with Gasteiger partial charge in [0, 0.05) is 26.3 Å². The molecule has 0 amide bonds. The fourth-order valence-corrected chi connectivity index (χ4v) is 3.59. The first kappa shape index (κ1) is 12.6. The largest absolute Gasteiger partial charge is 0.352 e. The summed E-state index contributed by atoms with van der Waals surface area (Å²) in [6.45, 7) is 2.01. The molecular formula is C16H16N4S. The van der Waals surface area contributed by atoms with Crippen molar-refractivity contribution >= 4 is 32.5 Å². The van der Waals surface area contributed by atoms with Gasteiger partial charge in [-0.25, -0.2) is 9.97 Å². The van der Waals surface area contributed by atoms with Gasteiger partial charge in [0.1, 0.15) is 5.82 Å². The van der Waals surface area contributed by atoms with E-state index in [2.05, 4.69) is 46.1 Å². The summed E-state index contributed by atoms with van der Waals surface area (Å²) in [4.78, 5) is 13.7. The Morgan fingerprint density at radius 3 is 2.71 bits per heavy atom. The lowest BCUT2D eigenvalue weighted by Crippen LogP contribution is -2.59. The SMILES string of the molecule is CN(c1nc2ccccc2s1)C1CN(c2ccccn2)C1. The minimum Gasteiger partial charge on any atom is -0.352 e. The number of hydrogen-bond donors (Lipinski definition) is 0. The molecule has 1 aliphatic rings. The second-order valence-corrected chi connectivity index (χ2v) is 6.33. The first-order valence-corrected chi connectivity index (χ1v) is 7.87. The third-order valence-electron chi connectivity index (χ3n) is 3.97. The number of aromatic nitrogens is 2. The van der Waals surface area contributed by atoms with Crippen LogP contribution in [-0.2, 0) is 0 Å². The highest BCUT2D eigenvalue weighted by Crippen LogP contribution is 2.31. The highest BCUT2D eigenvalue weighted by atomic mass is 32.1. The number of nitrogens with zero attached hydrogens (tertiary/aromatic N) is 4. The van der Waals surface area contributed by atoms with Crippen molar-refractivity contribution in [1.29, 1.82) is 0 Å². The van der Waals surface area contributed by atoms with Crippen LogP contribution in [0.15, 0.2) is 48.7 Å². The fraction of sp³-hybridized carbons (Fsp3) is 0.250. The van der Waals surface area contributed by atoms with E-state index in [1.165, 1.54) is 4.70 Å². The summed E-state index contributed by atoms with van der Waals surface area (Å²) in [6.07, 6.45) is 1.85. The maximum atomic E-state index is 4.72. The van der Waals surface area contributed by atoms with Crippen molar-refractivity contribution in [3.05, 3.63) is 48.7 Å². The van der Waals surface area contributed by atoms with Crippen molar-refractivity contribution in [1.82, 2.24) is 9.97 Å². The summed E-state index contributed by atoms with van der Waals surface area (Å²) in [5, 5.41) is 1.10. The molecule has 1 fully saturated rings. The van der Waals surface area contributed by atoms with Crippen LogP contribution < -0.4 is 9.80 Å². The van der Waals surface area contributed by atoms with Gasteiger partial charge in [-0.05, 0) is 24.3 Å². The summed E-state index contributed by atoms with van der Waals surface area (Å²) >= 11 is 1.76. The van der Waals surface area contributed by atoms with Gasteiger partial charge < -0.3 is 9.80 Å². The maximum absolute atomic E-state index is 4.72. The van der Waals surface area contributed by atoms with Gasteiger partial charge in [0.05, 0.1) is 16.3 Å². The van der Waals surface area contributed by atoms with Crippen LogP contribution in [-0.4, -0.2) is 36.1 Å². The molecule has 0 N–H and O–H groups in total. The molecule has 0 saturated carbocycles. The zero-order valence-electron chi connectivity index (χ0n) is 11.8. The highest BCUT2D eigenvalue weighted by Gasteiger charge is 2.32. The molecular weight excluding hydrogens is 280 g/mol. The van der Waals surface area contributed by atoms with Gasteiger partial charge in [-0.15, -0.1) is 0 Å².